The van der Waals surface area contributed by atoms with Gasteiger partial charge in [-0.3, -0.25) is 0 Å². The molecule has 0 aliphatic carbocycles. The van der Waals surface area contributed by atoms with Crippen LogP contribution in [0.5, 0.6) is 0 Å². The van der Waals surface area contributed by atoms with Gasteiger partial charge in [-0.15, -0.1) is 10.2 Å². The third-order valence-corrected chi connectivity index (χ3v) is 3.27. The first-order chi connectivity index (χ1) is 10.3. The molecular formula is C16H13N5. The topological polar surface area (TPSA) is 67.4 Å². The molecule has 5 heteroatoms. The van der Waals surface area contributed by atoms with Gasteiger partial charge in [-0.1, -0.05) is 36.4 Å². The molecule has 0 fully saturated rings. The molecule has 1 aromatic heterocycles. The van der Waals surface area contributed by atoms with Gasteiger partial charge in [0.15, 0.2) is 0 Å². The Hall–Kier alpha value is -3.00. The molecule has 0 saturated heterocycles. The third-order valence-electron chi connectivity index (χ3n) is 3.27. The number of aryl methyl sites for hydroxylation is 1. The van der Waals surface area contributed by atoms with Crippen molar-refractivity contribution in [2.75, 3.05) is 0 Å². The Labute approximate surface area is 122 Å². The van der Waals surface area contributed by atoms with E-state index in [0.717, 1.165) is 16.7 Å². The molecule has 5 nitrogen and oxygen atoms in total. The van der Waals surface area contributed by atoms with Crippen molar-refractivity contribution >= 4 is 0 Å². The van der Waals surface area contributed by atoms with E-state index in [-0.39, 0.29) is 0 Å². The lowest BCUT2D eigenvalue weighted by Gasteiger charge is -2.04. The summed E-state index contributed by atoms with van der Waals surface area (Å²) in [6, 6.07) is 17.5. The van der Waals surface area contributed by atoms with Gasteiger partial charge in [0.05, 0.1) is 18.2 Å². The lowest BCUT2D eigenvalue weighted by molar-refractivity contribution is 0.571. The van der Waals surface area contributed by atoms with Gasteiger partial charge in [-0.25, -0.2) is 0 Å². The first kappa shape index (κ1) is 13.0. The first-order valence-corrected chi connectivity index (χ1v) is 6.59. The summed E-state index contributed by atoms with van der Waals surface area (Å²) in [6.07, 6.45) is 0. The molecule has 0 unspecified atom stereocenters. The number of nitrogens with zero attached hydrogens (tertiary/aromatic N) is 5. The maximum atomic E-state index is 8.88. The summed E-state index contributed by atoms with van der Waals surface area (Å²) in [5, 5.41) is 21.4. The van der Waals surface area contributed by atoms with Gasteiger partial charge in [-0.2, -0.15) is 10.1 Å². The maximum Gasteiger partial charge on any atom is 0.204 e. The number of benzene rings is 2. The number of rotatable bonds is 3. The Bertz CT molecular complexity index is 799. The van der Waals surface area contributed by atoms with Crippen LogP contribution in [0.2, 0.25) is 0 Å². The van der Waals surface area contributed by atoms with Crippen LogP contribution < -0.4 is 0 Å². The number of hydrogen-bond acceptors (Lipinski definition) is 4. The van der Waals surface area contributed by atoms with Gasteiger partial charge >= 0.3 is 0 Å². The lowest BCUT2D eigenvalue weighted by Crippen LogP contribution is -2.05. The Morgan fingerprint density at radius 3 is 2.67 bits per heavy atom. The van der Waals surface area contributed by atoms with Gasteiger partial charge in [0.25, 0.3) is 0 Å². The van der Waals surface area contributed by atoms with Crippen LogP contribution in [0.1, 0.15) is 16.7 Å². The fourth-order valence-electron chi connectivity index (χ4n) is 2.11. The summed E-state index contributed by atoms with van der Waals surface area (Å²) < 4.78 is 0. The van der Waals surface area contributed by atoms with E-state index in [4.69, 9.17) is 5.26 Å². The molecule has 102 valence electrons. The van der Waals surface area contributed by atoms with Crippen molar-refractivity contribution in [1.82, 2.24) is 20.2 Å². The Kier molecular flexibility index (Phi) is 3.44. The Balaban J connectivity index is 1.84. The zero-order chi connectivity index (χ0) is 14.7. The minimum atomic E-state index is 0.539. The summed E-state index contributed by atoms with van der Waals surface area (Å²) in [6.45, 7) is 2.52. The Morgan fingerprint density at radius 1 is 1.14 bits per heavy atom. The van der Waals surface area contributed by atoms with Crippen LogP contribution in [0.3, 0.4) is 0 Å². The molecule has 0 aliphatic heterocycles. The van der Waals surface area contributed by atoms with Gasteiger partial charge in [0.1, 0.15) is 0 Å². The summed E-state index contributed by atoms with van der Waals surface area (Å²) in [5.41, 5.74) is 3.73. The van der Waals surface area contributed by atoms with Crippen LogP contribution >= 0.6 is 0 Å². The van der Waals surface area contributed by atoms with Crippen LogP contribution in [0, 0.1) is 18.3 Å². The van der Waals surface area contributed by atoms with Crippen molar-refractivity contribution in [3.63, 3.8) is 0 Å². The van der Waals surface area contributed by atoms with E-state index >= 15 is 0 Å². The minimum absolute atomic E-state index is 0.539. The second kappa shape index (κ2) is 5.55. The van der Waals surface area contributed by atoms with Crippen molar-refractivity contribution in [1.29, 1.82) is 5.26 Å². The average Bonchev–Trinajstić information content (AvgIpc) is 2.99. The molecule has 0 saturated carbocycles. The standard InChI is InChI=1S/C16H13N5/c1-12-9-13(10-17)7-8-15(12)11-21-19-16(18-20-21)14-5-3-2-4-6-14/h2-9H,11H2,1H3. The molecule has 1 heterocycles. The summed E-state index contributed by atoms with van der Waals surface area (Å²) in [7, 11) is 0. The molecule has 0 amide bonds. The lowest BCUT2D eigenvalue weighted by atomic mass is 10.1. The van der Waals surface area contributed by atoms with E-state index in [1.54, 1.807) is 10.9 Å². The smallest absolute Gasteiger partial charge is 0.192 e. The molecule has 0 N–H and O–H groups in total. The highest BCUT2D eigenvalue weighted by Crippen LogP contribution is 2.14. The largest absolute Gasteiger partial charge is 0.204 e. The molecule has 0 aliphatic rings. The van der Waals surface area contributed by atoms with E-state index < -0.39 is 0 Å². The highest BCUT2D eigenvalue weighted by Gasteiger charge is 2.07. The molecule has 21 heavy (non-hydrogen) atoms. The summed E-state index contributed by atoms with van der Waals surface area (Å²) in [5.74, 6) is 0.613. The second-order valence-electron chi connectivity index (χ2n) is 4.76. The monoisotopic (exact) mass is 275 g/mol. The first-order valence-electron chi connectivity index (χ1n) is 6.59. The van der Waals surface area contributed by atoms with Gasteiger partial charge in [0.2, 0.25) is 5.82 Å². The molecule has 0 atom stereocenters. The van der Waals surface area contributed by atoms with Crippen LogP contribution in [0.15, 0.2) is 48.5 Å². The number of aromatic nitrogens is 4. The van der Waals surface area contributed by atoms with E-state index in [2.05, 4.69) is 21.5 Å². The van der Waals surface area contributed by atoms with Crippen molar-refractivity contribution < 1.29 is 0 Å². The minimum Gasteiger partial charge on any atom is -0.192 e. The van der Waals surface area contributed by atoms with E-state index in [1.807, 2.05) is 49.4 Å². The van der Waals surface area contributed by atoms with Crippen LogP contribution in [-0.2, 0) is 6.54 Å². The molecule has 0 radical (unpaired) electrons. The van der Waals surface area contributed by atoms with Gasteiger partial charge in [-0.05, 0) is 35.4 Å². The summed E-state index contributed by atoms with van der Waals surface area (Å²) in [4.78, 5) is 1.57. The third kappa shape index (κ3) is 2.79. The zero-order valence-electron chi connectivity index (χ0n) is 11.6. The average molecular weight is 275 g/mol. The fraction of sp³-hybridized carbons (Fsp3) is 0.125. The molecule has 0 spiro atoms. The number of nitriles is 1. The highest BCUT2D eigenvalue weighted by atomic mass is 15.6. The zero-order valence-corrected chi connectivity index (χ0v) is 11.6. The van der Waals surface area contributed by atoms with Crippen LogP contribution in [0.25, 0.3) is 11.4 Å². The fourth-order valence-corrected chi connectivity index (χ4v) is 2.11. The number of hydrogen-bond donors (Lipinski definition) is 0. The molecule has 3 rings (SSSR count). The Morgan fingerprint density at radius 2 is 1.95 bits per heavy atom. The van der Waals surface area contributed by atoms with Crippen LogP contribution in [0.4, 0.5) is 0 Å². The quantitative estimate of drug-likeness (QED) is 0.736. The highest BCUT2D eigenvalue weighted by molar-refractivity contribution is 5.53. The van der Waals surface area contributed by atoms with Crippen molar-refractivity contribution in [2.24, 2.45) is 0 Å². The molecular weight excluding hydrogens is 262 g/mol. The second-order valence-corrected chi connectivity index (χ2v) is 4.76. The summed E-state index contributed by atoms with van der Waals surface area (Å²) >= 11 is 0. The normalized spacial score (nSPS) is 10.3. The van der Waals surface area contributed by atoms with Crippen molar-refractivity contribution in [2.45, 2.75) is 13.5 Å². The van der Waals surface area contributed by atoms with E-state index in [9.17, 15) is 0 Å². The maximum absolute atomic E-state index is 8.88. The molecule has 2 aromatic carbocycles. The number of tetrazole rings is 1. The predicted molar refractivity (Wildman–Crippen MR) is 78.2 cm³/mol. The van der Waals surface area contributed by atoms with Gasteiger partial charge in [0, 0.05) is 5.56 Å². The van der Waals surface area contributed by atoms with Crippen molar-refractivity contribution in [3.8, 4) is 17.5 Å². The van der Waals surface area contributed by atoms with Crippen LogP contribution in [-0.4, -0.2) is 20.2 Å². The molecule has 3 aromatic rings. The van der Waals surface area contributed by atoms with E-state index in [0.29, 0.717) is 17.9 Å². The van der Waals surface area contributed by atoms with Crippen molar-refractivity contribution in [3.05, 3.63) is 65.2 Å². The SMILES string of the molecule is Cc1cc(C#N)ccc1Cn1nnc(-c2ccccc2)n1. The predicted octanol–water partition coefficient (Wildman–Crippen LogP) is 2.57. The molecule has 0 bridgehead atoms. The van der Waals surface area contributed by atoms with Gasteiger partial charge < -0.3 is 0 Å². The van der Waals surface area contributed by atoms with E-state index in [1.165, 1.54) is 0 Å².